The molecule has 0 radical (unpaired) electrons. The number of amidine groups is 1. The summed E-state index contributed by atoms with van der Waals surface area (Å²) in [4.78, 5) is 12.4. The first-order valence-electron chi connectivity index (χ1n) is 7.07. The fourth-order valence-electron chi connectivity index (χ4n) is 1.95. The van der Waals surface area contributed by atoms with Crippen LogP contribution < -0.4 is 5.32 Å². The van der Waals surface area contributed by atoms with E-state index >= 15 is 0 Å². The SMILES string of the molecule is O=C1NC(=NN=Cc2ccc(Cl)cc2)S/C1=C\c1cc(Cl)ccc1O. The predicted molar refractivity (Wildman–Crippen MR) is 103 cm³/mol. The number of nitrogens with zero attached hydrogens (tertiary/aromatic N) is 2. The van der Waals surface area contributed by atoms with E-state index in [0.717, 1.165) is 17.3 Å². The van der Waals surface area contributed by atoms with Gasteiger partial charge >= 0.3 is 0 Å². The number of hydrogen-bond acceptors (Lipinski definition) is 5. The molecule has 8 heteroatoms. The molecule has 1 aliphatic heterocycles. The van der Waals surface area contributed by atoms with Gasteiger partial charge in [0, 0.05) is 15.6 Å². The zero-order chi connectivity index (χ0) is 17.8. The molecule has 2 aromatic carbocycles. The molecule has 2 N–H and O–H groups in total. The molecule has 0 unspecified atom stereocenters. The first kappa shape index (κ1) is 17.5. The minimum atomic E-state index is -0.315. The van der Waals surface area contributed by atoms with E-state index in [1.165, 1.54) is 6.07 Å². The van der Waals surface area contributed by atoms with Gasteiger partial charge < -0.3 is 5.11 Å². The molecule has 25 heavy (non-hydrogen) atoms. The number of rotatable bonds is 3. The molecular formula is C17H11Cl2N3O2S. The lowest BCUT2D eigenvalue weighted by atomic mass is 10.2. The van der Waals surface area contributed by atoms with Crippen LogP contribution in [0.3, 0.4) is 0 Å². The molecule has 0 aromatic heterocycles. The summed E-state index contributed by atoms with van der Waals surface area (Å²) in [6, 6.07) is 11.7. The maximum absolute atomic E-state index is 12.0. The molecule has 1 aliphatic rings. The monoisotopic (exact) mass is 391 g/mol. The lowest BCUT2D eigenvalue weighted by Gasteiger charge is -2.00. The second-order valence-electron chi connectivity index (χ2n) is 4.97. The van der Waals surface area contributed by atoms with Crippen LogP contribution in [0.1, 0.15) is 11.1 Å². The number of phenols is 1. The topological polar surface area (TPSA) is 74.0 Å². The van der Waals surface area contributed by atoms with Gasteiger partial charge in [-0.1, -0.05) is 35.3 Å². The quantitative estimate of drug-likeness (QED) is 0.465. The van der Waals surface area contributed by atoms with Crippen molar-refractivity contribution >= 4 is 58.3 Å². The van der Waals surface area contributed by atoms with Crippen molar-refractivity contribution in [3.63, 3.8) is 0 Å². The Kier molecular flexibility index (Phi) is 5.43. The van der Waals surface area contributed by atoms with E-state index in [9.17, 15) is 9.90 Å². The summed E-state index contributed by atoms with van der Waals surface area (Å²) in [5.74, 6) is -0.277. The van der Waals surface area contributed by atoms with Gasteiger partial charge in [-0.25, -0.2) is 0 Å². The first-order valence-corrected chi connectivity index (χ1v) is 8.64. The summed E-state index contributed by atoms with van der Waals surface area (Å²) in [5, 5.41) is 21.8. The summed E-state index contributed by atoms with van der Waals surface area (Å²) in [5.41, 5.74) is 1.29. The van der Waals surface area contributed by atoms with Crippen molar-refractivity contribution in [2.75, 3.05) is 0 Å². The van der Waals surface area contributed by atoms with Crippen molar-refractivity contribution in [3.8, 4) is 5.75 Å². The van der Waals surface area contributed by atoms with Crippen LogP contribution in [0.25, 0.3) is 6.08 Å². The van der Waals surface area contributed by atoms with E-state index in [1.54, 1.807) is 48.7 Å². The third-order valence-corrected chi connectivity index (χ3v) is 4.54. The van der Waals surface area contributed by atoms with Crippen LogP contribution in [0.15, 0.2) is 57.6 Å². The highest BCUT2D eigenvalue weighted by molar-refractivity contribution is 8.18. The van der Waals surface area contributed by atoms with Crippen LogP contribution >= 0.6 is 35.0 Å². The highest BCUT2D eigenvalue weighted by Crippen LogP contribution is 2.30. The molecule has 0 spiro atoms. The highest BCUT2D eigenvalue weighted by Gasteiger charge is 2.24. The van der Waals surface area contributed by atoms with Crippen molar-refractivity contribution in [2.45, 2.75) is 0 Å². The van der Waals surface area contributed by atoms with Gasteiger partial charge in [-0.3, -0.25) is 10.1 Å². The molecule has 0 atom stereocenters. The summed E-state index contributed by atoms with van der Waals surface area (Å²) in [7, 11) is 0. The van der Waals surface area contributed by atoms with Gasteiger partial charge in [-0.15, -0.1) is 5.10 Å². The molecule has 5 nitrogen and oxygen atoms in total. The predicted octanol–water partition coefficient (Wildman–Crippen LogP) is 4.29. The molecule has 0 aliphatic carbocycles. The van der Waals surface area contributed by atoms with Crippen molar-refractivity contribution in [1.29, 1.82) is 0 Å². The number of carbonyl (C=O) groups excluding carboxylic acids is 1. The Balaban J connectivity index is 1.74. The normalized spacial score (nSPS) is 17.6. The van der Waals surface area contributed by atoms with E-state index in [1.807, 2.05) is 0 Å². The average molecular weight is 392 g/mol. The smallest absolute Gasteiger partial charge is 0.264 e. The molecule has 0 bridgehead atoms. The Bertz CT molecular complexity index is 909. The molecule has 1 saturated heterocycles. The minimum absolute atomic E-state index is 0.0384. The zero-order valence-corrected chi connectivity index (χ0v) is 14.9. The number of benzene rings is 2. The number of carbonyl (C=O) groups is 1. The molecule has 0 saturated carbocycles. The molecule has 1 amide bonds. The van der Waals surface area contributed by atoms with Gasteiger partial charge in [-0.05, 0) is 53.7 Å². The molecule has 126 valence electrons. The fraction of sp³-hybridized carbons (Fsp3) is 0. The summed E-state index contributed by atoms with van der Waals surface area (Å²) in [6.45, 7) is 0. The van der Waals surface area contributed by atoms with E-state index in [0.29, 0.717) is 25.7 Å². The number of phenolic OH excluding ortho intramolecular Hbond substituents is 1. The summed E-state index contributed by atoms with van der Waals surface area (Å²) in [6.07, 6.45) is 3.10. The second kappa shape index (κ2) is 7.74. The van der Waals surface area contributed by atoms with Crippen molar-refractivity contribution < 1.29 is 9.90 Å². The Morgan fingerprint density at radius 3 is 2.56 bits per heavy atom. The number of thioether (sulfide) groups is 1. The molecule has 2 aromatic rings. The van der Waals surface area contributed by atoms with Crippen LogP contribution in [0.5, 0.6) is 5.75 Å². The lowest BCUT2D eigenvalue weighted by molar-refractivity contribution is -0.115. The minimum Gasteiger partial charge on any atom is -0.507 e. The largest absolute Gasteiger partial charge is 0.507 e. The van der Waals surface area contributed by atoms with Crippen LogP contribution in [-0.4, -0.2) is 22.4 Å². The summed E-state index contributed by atoms with van der Waals surface area (Å²) < 4.78 is 0. The van der Waals surface area contributed by atoms with E-state index < -0.39 is 0 Å². The van der Waals surface area contributed by atoms with Gasteiger partial charge in [-0.2, -0.15) is 5.10 Å². The van der Waals surface area contributed by atoms with Crippen molar-refractivity contribution in [1.82, 2.24) is 5.32 Å². The second-order valence-corrected chi connectivity index (χ2v) is 6.87. The Hall–Kier alpha value is -2.28. The number of halogens is 2. The van der Waals surface area contributed by atoms with Crippen LogP contribution in [0.4, 0.5) is 0 Å². The van der Waals surface area contributed by atoms with Crippen LogP contribution in [0.2, 0.25) is 10.0 Å². The number of hydrogen-bond donors (Lipinski definition) is 2. The molecule has 1 heterocycles. The van der Waals surface area contributed by atoms with Crippen LogP contribution in [0, 0.1) is 0 Å². The van der Waals surface area contributed by atoms with E-state index in [2.05, 4.69) is 15.5 Å². The van der Waals surface area contributed by atoms with Gasteiger partial charge in [0.1, 0.15) is 5.75 Å². The summed E-state index contributed by atoms with van der Waals surface area (Å²) >= 11 is 12.8. The third-order valence-electron chi connectivity index (χ3n) is 3.15. The lowest BCUT2D eigenvalue weighted by Crippen LogP contribution is -2.19. The molecule has 3 rings (SSSR count). The Labute approximate surface area is 158 Å². The number of amides is 1. The van der Waals surface area contributed by atoms with E-state index in [-0.39, 0.29) is 11.7 Å². The maximum atomic E-state index is 12.0. The standard InChI is InChI=1S/C17H11Cl2N3O2S/c18-12-3-1-10(2-4-12)9-20-22-17-21-16(24)15(25-17)8-11-7-13(19)5-6-14(11)23/h1-9,23H,(H,21,22,24)/b15-8-,20-9?. The van der Waals surface area contributed by atoms with Gasteiger partial charge in [0.15, 0.2) is 5.17 Å². The zero-order valence-electron chi connectivity index (χ0n) is 12.6. The maximum Gasteiger partial charge on any atom is 0.264 e. The van der Waals surface area contributed by atoms with E-state index in [4.69, 9.17) is 23.2 Å². The van der Waals surface area contributed by atoms with Gasteiger partial charge in [0.2, 0.25) is 0 Å². The number of aromatic hydroxyl groups is 1. The molecule has 1 fully saturated rings. The van der Waals surface area contributed by atoms with Crippen molar-refractivity contribution in [2.24, 2.45) is 10.2 Å². The third kappa shape index (κ3) is 4.63. The van der Waals surface area contributed by atoms with Gasteiger partial charge in [0.05, 0.1) is 11.1 Å². The Morgan fingerprint density at radius 2 is 1.80 bits per heavy atom. The highest BCUT2D eigenvalue weighted by atomic mass is 35.5. The number of nitrogens with one attached hydrogen (secondary N) is 1. The van der Waals surface area contributed by atoms with Crippen LogP contribution in [-0.2, 0) is 4.79 Å². The van der Waals surface area contributed by atoms with Gasteiger partial charge in [0.25, 0.3) is 5.91 Å². The Morgan fingerprint density at radius 1 is 1.08 bits per heavy atom. The fourth-order valence-corrected chi connectivity index (χ4v) is 3.03. The van der Waals surface area contributed by atoms with Crippen molar-refractivity contribution in [3.05, 3.63) is 68.5 Å². The average Bonchev–Trinajstić information content (AvgIpc) is 2.92. The molecular weight excluding hydrogens is 381 g/mol. The first-order chi connectivity index (χ1) is 12.0.